The van der Waals surface area contributed by atoms with Gasteiger partial charge in [0.2, 0.25) is 0 Å². The highest BCUT2D eigenvalue weighted by atomic mass is 79.9. The Morgan fingerprint density at radius 1 is 1.26 bits per heavy atom. The minimum atomic E-state index is -0.170. The average Bonchev–Trinajstić information content (AvgIpc) is 2.39. The summed E-state index contributed by atoms with van der Waals surface area (Å²) < 4.78 is 0.959. The maximum Gasteiger partial charge on any atom is 0.129 e. The summed E-state index contributed by atoms with van der Waals surface area (Å²) in [5.41, 5.74) is 0.827. The number of anilines is 1. The zero-order valence-corrected chi connectivity index (χ0v) is 12.7. The first kappa shape index (κ1) is 13.2. The van der Waals surface area contributed by atoms with Crippen LogP contribution in [0.15, 0.2) is 28.7 Å². The van der Waals surface area contributed by atoms with Crippen molar-refractivity contribution in [2.75, 3.05) is 18.0 Å². The zero-order valence-electron chi connectivity index (χ0n) is 10.3. The Bertz CT molecular complexity index is 612. The number of aliphatic hydroxyl groups excluding tert-OH is 1. The monoisotopic (exact) mass is 340 g/mol. The molecule has 0 spiro atoms. The first-order valence-electron chi connectivity index (χ1n) is 6.32. The van der Waals surface area contributed by atoms with Crippen LogP contribution >= 0.6 is 27.5 Å². The van der Waals surface area contributed by atoms with E-state index < -0.39 is 0 Å². The molecule has 0 unspecified atom stereocenters. The summed E-state index contributed by atoms with van der Waals surface area (Å²) in [5.74, 6) is 0.934. The molecule has 1 aromatic carbocycles. The van der Waals surface area contributed by atoms with Crippen molar-refractivity contribution in [1.82, 2.24) is 4.98 Å². The molecule has 1 aliphatic rings. The lowest BCUT2D eigenvalue weighted by molar-refractivity contribution is 0.145. The van der Waals surface area contributed by atoms with E-state index >= 15 is 0 Å². The van der Waals surface area contributed by atoms with E-state index in [1.165, 1.54) is 0 Å². The molecular weight excluding hydrogens is 328 g/mol. The summed E-state index contributed by atoms with van der Waals surface area (Å²) in [6.07, 6.45) is 1.43. The smallest absolute Gasteiger partial charge is 0.129 e. The van der Waals surface area contributed by atoms with Crippen LogP contribution in [0, 0.1) is 0 Å². The summed E-state index contributed by atoms with van der Waals surface area (Å²) in [5, 5.41) is 11.2. The summed E-state index contributed by atoms with van der Waals surface area (Å²) in [4.78, 5) is 6.86. The third-order valence-corrected chi connectivity index (χ3v) is 4.23. The van der Waals surface area contributed by atoms with Crippen LogP contribution in [0.1, 0.15) is 12.8 Å². The van der Waals surface area contributed by atoms with Gasteiger partial charge in [0.1, 0.15) is 5.82 Å². The van der Waals surface area contributed by atoms with Gasteiger partial charge in [-0.05, 0) is 37.1 Å². The predicted molar refractivity (Wildman–Crippen MR) is 81.9 cm³/mol. The molecule has 1 N–H and O–H groups in total. The van der Waals surface area contributed by atoms with Crippen LogP contribution in [0.25, 0.3) is 10.9 Å². The Morgan fingerprint density at radius 2 is 2.00 bits per heavy atom. The van der Waals surface area contributed by atoms with Crippen LogP contribution in [0.4, 0.5) is 5.82 Å². The Morgan fingerprint density at radius 3 is 2.74 bits per heavy atom. The van der Waals surface area contributed by atoms with Crippen molar-refractivity contribution in [3.05, 3.63) is 33.8 Å². The maximum atomic E-state index is 9.55. The zero-order chi connectivity index (χ0) is 13.4. The normalized spacial score (nSPS) is 17.1. The lowest BCUT2D eigenvalue weighted by Crippen LogP contribution is -2.36. The van der Waals surface area contributed by atoms with Gasteiger partial charge >= 0.3 is 0 Å². The number of piperidine rings is 1. The van der Waals surface area contributed by atoms with Crippen LogP contribution < -0.4 is 4.90 Å². The van der Waals surface area contributed by atoms with Gasteiger partial charge in [-0.15, -0.1) is 0 Å². The van der Waals surface area contributed by atoms with Crippen molar-refractivity contribution in [2.45, 2.75) is 18.9 Å². The first-order valence-corrected chi connectivity index (χ1v) is 7.49. The quantitative estimate of drug-likeness (QED) is 0.861. The summed E-state index contributed by atoms with van der Waals surface area (Å²) in [6.45, 7) is 1.68. The Labute approximate surface area is 125 Å². The molecule has 1 aromatic heterocycles. The van der Waals surface area contributed by atoms with Gasteiger partial charge in [-0.25, -0.2) is 4.98 Å². The number of benzene rings is 1. The lowest BCUT2D eigenvalue weighted by Gasteiger charge is -2.30. The van der Waals surface area contributed by atoms with Crippen molar-refractivity contribution < 1.29 is 5.11 Å². The Hall–Kier alpha value is -0.840. The Kier molecular flexibility index (Phi) is 3.65. The number of rotatable bonds is 1. The molecular formula is C14H14BrClN2O. The number of aliphatic hydroxyl groups is 1. The molecule has 0 bridgehead atoms. The lowest BCUT2D eigenvalue weighted by atomic mass is 10.1. The fourth-order valence-electron chi connectivity index (χ4n) is 2.42. The van der Waals surface area contributed by atoms with Crippen LogP contribution in [0.5, 0.6) is 0 Å². The number of hydrogen-bond donors (Lipinski definition) is 1. The van der Waals surface area contributed by atoms with Crippen molar-refractivity contribution in [1.29, 1.82) is 0 Å². The highest BCUT2D eigenvalue weighted by Crippen LogP contribution is 2.29. The van der Waals surface area contributed by atoms with E-state index in [0.29, 0.717) is 5.02 Å². The molecule has 0 saturated carbocycles. The Balaban J connectivity index is 1.97. The molecule has 2 aromatic rings. The van der Waals surface area contributed by atoms with E-state index in [4.69, 9.17) is 11.6 Å². The van der Waals surface area contributed by atoms with Crippen LogP contribution in [-0.4, -0.2) is 29.3 Å². The van der Waals surface area contributed by atoms with Gasteiger partial charge in [0.25, 0.3) is 0 Å². The average molecular weight is 342 g/mol. The molecule has 3 rings (SSSR count). The van der Waals surface area contributed by atoms with Crippen LogP contribution in [-0.2, 0) is 0 Å². The highest BCUT2D eigenvalue weighted by molar-refractivity contribution is 9.10. The predicted octanol–water partition coefficient (Wildman–Crippen LogP) is 3.61. The second-order valence-corrected chi connectivity index (χ2v) is 6.17. The third kappa shape index (κ3) is 2.71. The maximum absolute atomic E-state index is 9.55. The molecule has 3 nitrogen and oxygen atoms in total. The van der Waals surface area contributed by atoms with Crippen LogP contribution in [0.3, 0.4) is 0 Å². The molecule has 2 heterocycles. The molecule has 1 saturated heterocycles. The molecule has 5 heteroatoms. The minimum absolute atomic E-state index is 0.170. The van der Waals surface area contributed by atoms with E-state index in [1.54, 1.807) is 0 Å². The highest BCUT2D eigenvalue weighted by Gasteiger charge is 2.18. The molecule has 0 radical (unpaired) electrons. The summed E-state index contributed by atoms with van der Waals surface area (Å²) in [6, 6.07) is 7.93. The topological polar surface area (TPSA) is 36.4 Å². The fraction of sp³-hybridized carbons (Fsp3) is 0.357. The van der Waals surface area contributed by atoms with Gasteiger partial charge in [0.15, 0.2) is 0 Å². The summed E-state index contributed by atoms with van der Waals surface area (Å²) >= 11 is 9.68. The molecule has 0 aliphatic carbocycles. The van der Waals surface area contributed by atoms with E-state index in [2.05, 4.69) is 25.8 Å². The number of fused-ring (bicyclic) bond motifs is 1. The SMILES string of the molecule is OC1CCN(c2ccc3cc(Br)cc(Cl)c3n2)CC1. The number of halogens is 2. The number of nitrogens with zero attached hydrogens (tertiary/aromatic N) is 2. The van der Waals surface area contributed by atoms with Gasteiger partial charge in [-0.3, -0.25) is 0 Å². The largest absolute Gasteiger partial charge is 0.393 e. The molecule has 1 aliphatic heterocycles. The molecule has 0 atom stereocenters. The van der Waals surface area contributed by atoms with Gasteiger partial charge < -0.3 is 10.0 Å². The second kappa shape index (κ2) is 5.27. The third-order valence-electron chi connectivity index (χ3n) is 3.48. The minimum Gasteiger partial charge on any atom is -0.393 e. The number of hydrogen-bond acceptors (Lipinski definition) is 3. The van der Waals surface area contributed by atoms with Crippen molar-refractivity contribution >= 4 is 44.3 Å². The fourth-order valence-corrected chi connectivity index (χ4v) is 3.29. The van der Waals surface area contributed by atoms with Crippen LogP contribution in [0.2, 0.25) is 5.02 Å². The van der Waals surface area contributed by atoms with Crippen molar-refractivity contribution in [3.63, 3.8) is 0 Å². The number of pyridine rings is 1. The van der Waals surface area contributed by atoms with E-state index in [-0.39, 0.29) is 6.10 Å². The molecule has 19 heavy (non-hydrogen) atoms. The summed E-state index contributed by atoms with van der Waals surface area (Å²) in [7, 11) is 0. The first-order chi connectivity index (χ1) is 9.13. The van der Waals surface area contributed by atoms with Gasteiger partial charge in [-0.2, -0.15) is 0 Å². The molecule has 1 fully saturated rings. The second-order valence-electron chi connectivity index (χ2n) is 4.85. The van der Waals surface area contributed by atoms with E-state index in [9.17, 15) is 5.11 Å². The number of aromatic nitrogens is 1. The molecule has 100 valence electrons. The van der Waals surface area contributed by atoms with Crippen molar-refractivity contribution in [3.8, 4) is 0 Å². The van der Waals surface area contributed by atoms with Gasteiger partial charge in [0, 0.05) is 22.9 Å². The molecule has 0 amide bonds. The van der Waals surface area contributed by atoms with E-state index in [1.807, 2.05) is 24.3 Å². The van der Waals surface area contributed by atoms with Gasteiger partial charge in [0.05, 0.1) is 16.6 Å². The van der Waals surface area contributed by atoms with Gasteiger partial charge in [-0.1, -0.05) is 27.5 Å². The van der Waals surface area contributed by atoms with Crippen molar-refractivity contribution in [2.24, 2.45) is 0 Å². The van der Waals surface area contributed by atoms with E-state index in [0.717, 1.165) is 47.1 Å². The standard InChI is InChI=1S/C14H14BrClN2O/c15-10-7-9-1-2-13(17-14(9)12(16)8-10)18-5-3-11(19)4-6-18/h1-2,7-8,11,19H,3-6H2.